The van der Waals surface area contributed by atoms with Gasteiger partial charge in [0.2, 0.25) is 5.95 Å². The first-order chi connectivity index (χ1) is 19.1. The van der Waals surface area contributed by atoms with Gasteiger partial charge >= 0.3 is 0 Å². The fraction of sp³-hybridized carbons (Fsp3) is 0.438. The topological polar surface area (TPSA) is 63.6 Å². The summed E-state index contributed by atoms with van der Waals surface area (Å²) in [6.07, 6.45) is 12.4. The lowest BCUT2D eigenvalue weighted by Crippen LogP contribution is -2.36. The highest BCUT2D eigenvalue weighted by atomic mass is 19.2. The molecule has 40 heavy (non-hydrogen) atoms. The molecule has 2 aliphatic rings. The van der Waals surface area contributed by atoms with Crippen molar-refractivity contribution in [1.82, 2.24) is 25.3 Å². The van der Waals surface area contributed by atoms with Gasteiger partial charge in [0.25, 0.3) is 0 Å². The van der Waals surface area contributed by atoms with Crippen LogP contribution >= 0.6 is 0 Å². The Balaban J connectivity index is 0.000000212. The summed E-state index contributed by atoms with van der Waals surface area (Å²) in [5.41, 5.74) is 4.05. The molecule has 0 unspecified atom stereocenters. The van der Waals surface area contributed by atoms with Crippen LogP contribution in [0.5, 0.6) is 0 Å². The van der Waals surface area contributed by atoms with Gasteiger partial charge in [0.15, 0.2) is 17.5 Å². The number of rotatable bonds is 3. The summed E-state index contributed by atoms with van der Waals surface area (Å²) in [6.45, 7) is 16.1. The summed E-state index contributed by atoms with van der Waals surface area (Å²) in [5, 5.41) is 5.49. The quantitative estimate of drug-likeness (QED) is 0.411. The number of nitrogens with zero attached hydrogens (tertiary/aromatic N) is 4. The van der Waals surface area contributed by atoms with E-state index in [2.05, 4.69) is 41.8 Å². The predicted octanol–water partition coefficient (Wildman–Crippen LogP) is 5.91. The Bertz CT molecular complexity index is 1400. The molecule has 3 aromatic heterocycles. The van der Waals surface area contributed by atoms with E-state index >= 15 is 0 Å². The van der Waals surface area contributed by atoms with Crippen LogP contribution < -0.4 is 15.9 Å². The summed E-state index contributed by atoms with van der Waals surface area (Å²) >= 11 is 0. The van der Waals surface area contributed by atoms with E-state index in [1.807, 2.05) is 38.3 Å². The van der Waals surface area contributed by atoms with Crippen LogP contribution in [0.3, 0.4) is 0 Å². The molecule has 0 atom stereocenters. The summed E-state index contributed by atoms with van der Waals surface area (Å²) in [6, 6.07) is 4.39. The predicted molar refractivity (Wildman–Crippen MR) is 155 cm³/mol. The molecule has 1 aliphatic carbocycles. The minimum absolute atomic E-state index is 0.266. The van der Waals surface area contributed by atoms with E-state index in [0.717, 1.165) is 34.0 Å². The zero-order chi connectivity index (χ0) is 29.2. The molecule has 0 radical (unpaired) electrons. The van der Waals surface area contributed by atoms with E-state index < -0.39 is 17.6 Å². The van der Waals surface area contributed by atoms with Crippen LogP contribution in [-0.4, -0.2) is 33.0 Å². The van der Waals surface area contributed by atoms with Gasteiger partial charge in [0.05, 0.1) is 11.0 Å². The second kappa shape index (κ2) is 14.8. The summed E-state index contributed by atoms with van der Waals surface area (Å²) in [7, 11) is 0. The van der Waals surface area contributed by atoms with Gasteiger partial charge in [-0.3, -0.25) is 4.98 Å². The normalized spacial score (nSPS) is 16.6. The lowest BCUT2D eigenvalue weighted by molar-refractivity contribution is 0.400. The molecule has 0 aromatic carbocycles. The highest BCUT2D eigenvalue weighted by Gasteiger charge is 2.21. The van der Waals surface area contributed by atoms with Gasteiger partial charge in [-0.2, -0.15) is 4.39 Å². The SMILES string of the molecule is C=C/C(=c1/c(C)nc(-c2ccnc(C)c2)n/c1=C/C)C1CCC1.CC1CCNCC1.Cc1nc(F)cc(F)c1F. The lowest BCUT2D eigenvalue weighted by atomic mass is 9.78. The molecule has 2 fully saturated rings. The molecule has 1 saturated carbocycles. The van der Waals surface area contributed by atoms with Gasteiger partial charge in [-0.05, 0) is 96.0 Å². The van der Waals surface area contributed by atoms with Crippen LogP contribution in [0, 0.1) is 50.2 Å². The van der Waals surface area contributed by atoms with Gasteiger partial charge in [0.1, 0.15) is 0 Å². The number of aryl methyl sites for hydroxylation is 3. The third kappa shape index (κ3) is 8.31. The molecule has 0 amide bonds. The molecule has 5 rings (SSSR count). The van der Waals surface area contributed by atoms with Crippen molar-refractivity contribution in [1.29, 1.82) is 0 Å². The highest BCUT2D eigenvalue weighted by molar-refractivity contribution is 5.61. The number of pyridine rings is 2. The molecule has 4 heterocycles. The number of nitrogens with one attached hydrogen (secondary N) is 1. The van der Waals surface area contributed by atoms with Crippen LogP contribution in [0.4, 0.5) is 13.2 Å². The maximum absolute atomic E-state index is 12.3. The smallest absolute Gasteiger partial charge is 0.216 e. The Kier molecular flexibility index (Phi) is 11.6. The molecular formula is C32H40F3N5. The number of halogens is 3. The first-order valence-electron chi connectivity index (χ1n) is 13.9. The van der Waals surface area contributed by atoms with Gasteiger partial charge in [0, 0.05) is 34.4 Å². The van der Waals surface area contributed by atoms with E-state index in [0.29, 0.717) is 12.0 Å². The van der Waals surface area contributed by atoms with Gasteiger partial charge in [-0.1, -0.05) is 32.1 Å². The molecule has 3 aromatic rings. The number of allylic oxidation sites excluding steroid dienone is 1. The van der Waals surface area contributed by atoms with Crippen LogP contribution in [-0.2, 0) is 0 Å². The average Bonchev–Trinajstić information content (AvgIpc) is 2.90. The highest BCUT2D eigenvalue weighted by Crippen LogP contribution is 2.33. The number of piperidine rings is 1. The molecule has 5 nitrogen and oxygen atoms in total. The van der Waals surface area contributed by atoms with Crippen molar-refractivity contribution < 1.29 is 13.2 Å². The van der Waals surface area contributed by atoms with Gasteiger partial charge < -0.3 is 5.32 Å². The standard InChI is InChI=1S/C20H23N3.C6H4F3N.C6H13N/c1-5-17(15-8-7-9-15)19-14(4)22-20(23-18(19)6-2)16-10-11-21-13(3)12-16;1-3-6(9)4(7)2-5(8)10-3;1-6-2-4-7-5-3-6/h5-6,10-12,15H,1,7-9H2,2-4H3;2H,1H3;6-7H,2-5H2,1H3/b18-6+,19-17+;;. The third-order valence-corrected chi connectivity index (χ3v) is 7.28. The van der Waals surface area contributed by atoms with Crippen molar-refractivity contribution in [3.8, 4) is 11.4 Å². The Hall–Kier alpha value is -3.39. The summed E-state index contributed by atoms with van der Waals surface area (Å²) in [4.78, 5) is 16.9. The molecule has 1 saturated heterocycles. The Morgan fingerprint density at radius 2 is 1.68 bits per heavy atom. The van der Waals surface area contributed by atoms with Crippen molar-refractivity contribution in [2.45, 2.75) is 66.7 Å². The molecule has 214 valence electrons. The zero-order valence-electron chi connectivity index (χ0n) is 24.2. The monoisotopic (exact) mass is 551 g/mol. The van der Waals surface area contributed by atoms with E-state index in [9.17, 15) is 13.2 Å². The van der Waals surface area contributed by atoms with Gasteiger partial charge in [-0.15, -0.1) is 0 Å². The second-order valence-electron chi connectivity index (χ2n) is 10.4. The molecule has 0 bridgehead atoms. The van der Waals surface area contributed by atoms with E-state index in [-0.39, 0.29) is 5.69 Å². The zero-order valence-corrected chi connectivity index (χ0v) is 24.2. The number of aromatic nitrogens is 4. The second-order valence-corrected chi connectivity index (χ2v) is 10.4. The molecular weight excluding hydrogens is 511 g/mol. The van der Waals surface area contributed by atoms with E-state index in [1.54, 1.807) is 0 Å². The van der Waals surface area contributed by atoms with Gasteiger partial charge in [-0.25, -0.2) is 23.7 Å². The third-order valence-electron chi connectivity index (χ3n) is 7.28. The maximum atomic E-state index is 12.3. The van der Waals surface area contributed by atoms with Crippen LogP contribution in [0.2, 0.25) is 0 Å². The van der Waals surface area contributed by atoms with Crippen LogP contribution in [0.25, 0.3) is 23.0 Å². The molecule has 1 aliphatic heterocycles. The van der Waals surface area contributed by atoms with Crippen molar-refractivity contribution in [2.75, 3.05) is 13.1 Å². The molecule has 1 N–H and O–H groups in total. The number of hydrogen-bond donors (Lipinski definition) is 1. The minimum atomic E-state index is -1.20. The Morgan fingerprint density at radius 3 is 2.17 bits per heavy atom. The van der Waals surface area contributed by atoms with E-state index in [1.165, 1.54) is 62.9 Å². The van der Waals surface area contributed by atoms with E-state index in [4.69, 9.17) is 9.97 Å². The fourth-order valence-corrected chi connectivity index (χ4v) is 4.72. The molecule has 0 spiro atoms. The average molecular weight is 552 g/mol. The lowest BCUT2D eigenvalue weighted by Gasteiger charge is -2.27. The summed E-state index contributed by atoms with van der Waals surface area (Å²) < 4.78 is 36.6. The largest absolute Gasteiger partial charge is 0.317 e. The van der Waals surface area contributed by atoms with Crippen molar-refractivity contribution >= 4 is 11.6 Å². The van der Waals surface area contributed by atoms with Crippen molar-refractivity contribution in [3.63, 3.8) is 0 Å². The maximum Gasteiger partial charge on any atom is 0.216 e. The minimum Gasteiger partial charge on any atom is -0.317 e. The first-order valence-corrected chi connectivity index (χ1v) is 13.9. The Morgan fingerprint density at radius 1 is 0.975 bits per heavy atom. The van der Waals surface area contributed by atoms with Crippen molar-refractivity contribution in [2.24, 2.45) is 11.8 Å². The Labute approximate surface area is 235 Å². The molecule has 8 heteroatoms. The van der Waals surface area contributed by atoms with Crippen LogP contribution in [0.1, 0.15) is 63.0 Å². The summed E-state index contributed by atoms with van der Waals surface area (Å²) in [5.74, 6) is -0.951. The van der Waals surface area contributed by atoms with Crippen LogP contribution in [0.15, 0.2) is 37.1 Å². The number of hydrogen-bond acceptors (Lipinski definition) is 5. The first kappa shape index (κ1) is 31.1. The van der Waals surface area contributed by atoms with Crippen molar-refractivity contribution in [3.05, 3.63) is 82.3 Å². The fourth-order valence-electron chi connectivity index (χ4n) is 4.72.